The number of rotatable bonds is 6. The van der Waals surface area contributed by atoms with Gasteiger partial charge in [0.1, 0.15) is 5.75 Å². The normalized spacial score (nSPS) is 16.9. The monoisotopic (exact) mass is 366 g/mol. The molecule has 142 valence electrons. The van der Waals surface area contributed by atoms with Crippen molar-refractivity contribution in [2.45, 2.75) is 18.9 Å². The molecule has 1 aromatic rings. The Balaban J connectivity index is 1.87. The lowest BCUT2D eigenvalue weighted by Gasteiger charge is -2.38. The predicted molar refractivity (Wildman–Crippen MR) is 90.4 cm³/mol. The summed E-state index contributed by atoms with van der Waals surface area (Å²) in [5.74, 6) is 0.263. The van der Waals surface area contributed by atoms with Crippen molar-refractivity contribution >= 4 is 18.2 Å². The van der Waals surface area contributed by atoms with Crippen LogP contribution in [-0.2, 0) is 16.0 Å². The van der Waals surface area contributed by atoms with Crippen molar-refractivity contribution in [1.29, 1.82) is 0 Å². The van der Waals surface area contributed by atoms with Gasteiger partial charge in [-0.3, -0.25) is 4.79 Å². The molecular weight excluding hydrogens is 344 g/mol. The van der Waals surface area contributed by atoms with Gasteiger partial charge >= 0.3 is 18.2 Å². The van der Waals surface area contributed by atoms with E-state index in [2.05, 4.69) is 4.74 Å². The van der Waals surface area contributed by atoms with Crippen molar-refractivity contribution in [3.63, 3.8) is 0 Å². The van der Waals surface area contributed by atoms with Crippen molar-refractivity contribution in [2.24, 2.45) is 0 Å². The first-order valence-electron chi connectivity index (χ1n) is 8.16. The van der Waals surface area contributed by atoms with Crippen LogP contribution in [0, 0.1) is 0 Å². The minimum absolute atomic E-state index is 0.128. The number of carbonyl (C=O) groups is 3. The van der Waals surface area contributed by atoms with E-state index in [9.17, 15) is 19.5 Å². The summed E-state index contributed by atoms with van der Waals surface area (Å²) in [4.78, 5) is 36.1. The summed E-state index contributed by atoms with van der Waals surface area (Å²) >= 11 is 0. The van der Waals surface area contributed by atoms with Gasteiger partial charge in [0.25, 0.3) is 0 Å². The van der Waals surface area contributed by atoms with E-state index in [-0.39, 0.29) is 38.6 Å². The molecule has 0 aliphatic carbocycles. The van der Waals surface area contributed by atoms with E-state index in [1.807, 2.05) is 0 Å². The SMILES string of the molecule is COC(=O)Cc1ccc(OCC[C@@H]2CN(C(=O)O)CCN2C(=O)O)cc1. The van der Waals surface area contributed by atoms with E-state index in [1.54, 1.807) is 24.3 Å². The lowest BCUT2D eigenvalue weighted by atomic mass is 10.1. The Bertz CT molecular complexity index is 647. The maximum atomic E-state index is 11.3. The lowest BCUT2D eigenvalue weighted by molar-refractivity contribution is -0.139. The zero-order valence-electron chi connectivity index (χ0n) is 14.5. The molecule has 2 amide bonds. The number of carbonyl (C=O) groups excluding carboxylic acids is 1. The summed E-state index contributed by atoms with van der Waals surface area (Å²) in [5.41, 5.74) is 0.797. The third-order valence-electron chi connectivity index (χ3n) is 4.22. The first-order chi connectivity index (χ1) is 12.4. The van der Waals surface area contributed by atoms with Crippen LogP contribution >= 0.6 is 0 Å². The first-order valence-corrected chi connectivity index (χ1v) is 8.16. The number of nitrogens with zero attached hydrogens (tertiary/aromatic N) is 2. The van der Waals surface area contributed by atoms with Gasteiger partial charge in [0, 0.05) is 26.1 Å². The number of ether oxygens (including phenoxy) is 2. The van der Waals surface area contributed by atoms with Crippen LogP contribution in [0.4, 0.5) is 9.59 Å². The van der Waals surface area contributed by atoms with E-state index >= 15 is 0 Å². The van der Waals surface area contributed by atoms with Crippen LogP contribution in [0.2, 0.25) is 0 Å². The Kier molecular flexibility index (Phi) is 6.65. The van der Waals surface area contributed by atoms with Gasteiger partial charge in [-0.25, -0.2) is 9.59 Å². The highest BCUT2D eigenvalue weighted by atomic mass is 16.5. The number of methoxy groups -OCH3 is 1. The highest BCUT2D eigenvalue weighted by Crippen LogP contribution is 2.17. The molecule has 1 aliphatic rings. The van der Waals surface area contributed by atoms with Gasteiger partial charge in [0.05, 0.1) is 26.2 Å². The molecule has 0 unspecified atom stereocenters. The summed E-state index contributed by atoms with van der Waals surface area (Å²) < 4.78 is 10.2. The Morgan fingerprint density at radius 1 is 1.12 bits per heavy atom. The molecular formula is C17H22N2O7. The molecule has 1 heterocycles. The zero-order valence-corrected chi connectivity index (χ0v) is 14.5. The van der Waals surface area contributed by atoms with Gasteiger partial charge in [-0.15, -0.1) is 0 Å². The van der Waals surface area contributed by atoms with E-state index in [1.165, 1.54) is 16.9 Å². The van der Waals surface area contributed by atoms with Crippen LogP contribution in [0.1, 0.15) is 12.0 Å². The predicted octanol–water partition coefficient (Wildman–Crippen LogP) is 1.51. The Hall–Kier alpha value is -2.97. The fourth-order valence-electron chi connectivity index (χ4n) is 2.78. The van der Waals surface area contributed by atoms with Crippen molar-refractivity contribution < 1.29 is 34.1 Å². The summed E-state index contributed by atoms with van der Waals surface area (Å²) in [7, 11) is 1.33. The Morgan fingerprint density at radius 3 is 2.38 bits per heavy atom. The quantitative estimate of drug-likeness (QED) is 0.733. The van der Waals surface area contributed by atoms with Crippen LogP contribution in [0.25, 0.3) is 0 Å². The van der Waals surface area contributed by atoms with Crippen LogP contribution in [0.5, 0.6) is 5.75 Å². The van der Waals surface area contributed by atoms with Gasteiger partial charge in [-0.1, -0.05) is 12.1 Å². The van der Waals surface area contributed by atoms with Gasteiger partial charge in [-0.2, -0.15) is 0 Å². The fraction of sp³-hybridized carbons (Fsp3) is 0.471. The average Bonchev–Trinajstić information content (AvgIpc) is 2.62. The minimum atomic E-state index is -1.06. The highest BCUT2D eigenvalue weighted by Gasteiger charge is 2.32. The van der Waals surface area contributed by atoms with Crippen molar-refractivity contribution in [3.8, 4) is 5.75 Å². The molecule has 0 spiro atoms. The standard InChI is InChI=1S/C17H22N2O7/c1-25-15(20)10-12-2-4-14(5-3-12)26-9-6-13-11-18(16(21)22)7-8-19(13)17(23)24/h2-5,13H,6-11H2,1H3,(H,21,22)(H,23,24)/t13-/m1/s1. The van der Waals surface area contributed by atoms with Crippen LogP contribution in [0.15, 0.2) is 24.3 Å². The van der Waals surface area contributed by atoms with E-state index in [4.69, 9.17) is 9.84 Å². The topological polar surface area (TPSA) is 117 Å². The molecule has 0 radical (unpaired) electrons. The van der Waals surface area contributed by atoms with Crippen molar-refractivity contribution in [3.05, 3.63) is 29.8 Å². The zero-order chi connectivity index (χ0) is 19.1. The van der Waals surface area contributed by atoms with E-state index < -0.39 is 18.2 Å². The molecule has 2 N–H and O–H groups in total. The summed E-state index contributed by atoms with van der Waals surface area (Å²) in [6.07, 6.45) is -1.56. The Morgan fingerprint density at radius 2 is 1.81 bits per heavy atom. The van der Waals surface area contributed by atoms with Gasteiger partial charge < -0.3 is 29.5 Å². The largest absolute Gasteiger partial charge is 0.494 e. The van der Waals surface area contributed by atoms with E-state index in [0.29, 0.717) is 12.2 Å². The molecule has 1 aliphatic heterocycles. The average molecular weight is 366 g/mol. The van der Waals surface area contributed by atoms with Gasteiger partial charge in [0.2, 0.25) is 0 Å². The number of carboxylic acid groups (broad SMARTS) is 2. The molecule has 1 fully saturated rings. The van der Waals surface area contributed by atoms with E-state index in [0.717, 1.165) is 5.56 Å². The number of piperazine rings is 1. The molecule has 0 saturated carbocycles. The summed E-state index contributed by atoms with van der Waals surface area (Å²) in [6, 6.07) is 6.50. The van der Waals surface area contributed by atoms with Crippen molar-refractivity contribution in [2.75, 3.05) is 33.4 Å². The highest BCUT2D eigenvalue weighted by molar-refractivity contribution is 5.72. The maximum Gasteiger partial charge on any atom is 0.407 e. The van der Waals surface area contributed by atoms with Crippen molar-refractivity contribution in [1.82, 2.24) is 9.80 Å². The molecule has 9 heteroatoms. The molecule has 0 bridgehead atoms. The second-order valence-corrected chi connectivity index (χ2v) is 5.89. The Labute approximate surface area is 150 Å². The number of hydrogen-bond donors (Lipinski definition) is 2. The van der Waals surface area contributed by atoms with Crippen LogP contribution < -0.4 is 4.74 Å². The molecule has 26 heavy (non-hydrogen) atoms. The number of hydrogen-bond acceptors (Lipinski definition) is 5. The molecule has 1 atom stereocenters. The minimum Gasteiger partial charge on any atom is -0.494 e. The summed E-state index contributed by atoms with van der Waals surface area (Å²) in [5, 5.41) is 18.3. The third-order valence-corrected chi connectivity index (χ3v) is 4.22. The second-order valence-electron chi connectivity index (χ2n) is 5.89. The molecule has 1 aromatic carbocycles. The lowest BCUT2D eigenvalue weighted by Crippen LogP contribution is -2.56. The summed E-state index contributed by atoms with van der Waals surface area (Å²) in [6.45, 7) is 0.691. The third kappa shape index (κ3) is 5.27. The molecule has 2 rings (SSSR count). The number of amides is 2. The first kappa shape index (κ1) is 19.4. The molecule has 0 aromatic heterocycles. The van der Waals surface area contributed by atoms with Crippen LogP contribution in [-0.4, -0.2) is 77.6 Å². The maximum absolute atomic E-state index is 11.3. The van der Waals surface area contributed by atoms with Gasteiger partial charge in [-0.05, 0) is 17.7 Å². The number of esters is 1. The molecule has 1 saturated heterocycles. The second kappa shape index (κ2) is 8.93. The van der Waals surface area contributed by atoms with Gasteiger partial charge in [0.15, 0.2) is 0 Å². The molecule has 9 nitrogen and oxygen atoms in total. The smallest absolute Gasteiger partial charge is 0.407 e. The fourth-order valence-corrected chi connectivity index (χ4v) is 2.78. The number of benzene rings is 1. The van der Waals surface area contributed by atoms with Crippen LogP contribution in [0.3, 0.4) is 0 Å².